The van der Waals surface area contributed by atoms with E-state index in [1.165, 1.54) is 14.2 Å². The lowest BCUT2D eigenvalue weighted by atomic mass is 9.83. The Morgan fingerprint density at radius 3 is 1.79 bits per heavy atom. The molecular formula is C46H65N5O11. The van der Waals surface area contributed by atoms with Gasteiger partial charge in [0.05, 0.1) is 44.2 Å². The lowest BCUT2D eigenvalue weighted by molar-refractivity contribution is -0.148. The minimum Gasteiger partial charge on any atom is -0.469 e. The number of esters is 2. The van der Waals surface area contributed by atoms with E-state index in [9.17, 15) is 28.8 Å². The molecule has 7 atom stereocenters. The van der Waals surface area contributed by atoms with Crippen molar-refractivity contribution in [3.63, 3.8) is 0 Å². The SMILES string of the molecule is C.COC(=O)[C@H]1CN(C(=O)OCc2ccccc2)[C@@H]2CCN(C(=O)[C@@H](NC(=O)OC(C)(C)C)C3CCCCC3)[C@H]12.COC(=O)[C@H]1CN(C(=O)OCc2ccccc2)[C@@H]2CCN[C@H]12. The predicted octanol–water partition coefficient (Wildman–Crippen LogP) is 5.67. The number of nitrogens with zero attached hydrogens (tertiary/aromatic N) is 3. The number of carbonyl (C=O) groups excluding carboxylic acids is 6. The average molecular weight is 864 g/mol. The van der Waals surface area contributed by atoms with Gasteiger partial charge in [-0.3, -0.25) is 14.4 Å². The molecule has 2 N–H and O–H groups in total. The van der Waals surface area contributed by atoms with Crippen LogP contribution in [0.4, 0.5) is 14.4 Å². The van der Waals surface area contributed by atoms with Crippen LogP contribution in [0.25, 0.3) is 0 Å². The Balaban J connectivity index is 0.000000267. The number of amides is 4. The molecule has 1 aliphatic carbocycles. The summed E-state index contributed by atoms with van der Waals surface area (Å²) in [5.74, 6) is -2.04. The summed E-state index contributed by atoms with van der Waals surface area (Å²) in [4.78, 5) is 81.9. The molecule has 1 saturated carbocycles. The fraction of sp³-hybridized carbons (Fsp3) is 0.609. The maximum absolute atomic E-state index is 14.1. The minimum atomic E-state index is -0.767. The number of hydrogen-bond donors (Lipinski definition) is 2. The van der Waals surface area contributed by atoms with E-state index in [-0.39, 0.29) is 75.1 Å². The van der Waals surface area contributed by atoms with Crippen molar-refractivity contribution in [1.82, 2.24) is 25.3 Å². The van der Waals surface area contributed by atoms with E-state index in [1.807, 2.05) is 60.7 Å². The van der Waals surface area contributed by atoms with Crippen molar-refractivity contribution in [3.05, 3.63) is 71.8 Å². The zero-order valence-electron chi connectivity index (χ0n) is 35.9. The molecule has 5 fully saturated rings. The van der Waals surface area contributed by atoms with Gasteiger partial charge in [0, 0.05) is 25.7 Å². The predicted molar refractivity (Wildman–Crippen MR) is 228 cm³/mol. The van der Waals surface area contributed by atoms with Gasteiger partial charge in [-0.25, -0.2) is 14.4 Å². The molecule has 0 unspecified atom stereocenters. The van der Waals surface area contributed by atoms with Crippen LogP contribution < -0.4 is 10.6 Å². The van der Waals surface area contributed by atoms with E-state index >= 15 is 0 Å². The number of methoxy groups -OCH3 is 2. The minimum absolute atomic E-state index is 0. The second-order valence-corrected chi connectivity index (χ2v) is 17.4. The van der Waals surface area contributed by atoms with E-state index in [0.29, 0.717) is 19.5 Å². The number of ether oxygens (including phenoxy) is 5. The molecule has 4 amide bonds. The summed E-state index contributed by atoms with van der Waals surface area (Å²) in [6.45, 7) is 7.30. The third kappa shape index (κ3) is 11.5. The van der Waals surface area contributed by atoms with Gasteiger partial charge in [-0.1, -0.05) is 87.4 Å². The van der Waals surface area contributed by atoms with Crippen LogP contribution in [-0.2, 0) is 51.3 Å². The molecule has 4 heterocycles. The summed E-state index contributed by atoms with van der Waals surface area (Å²) in [7, 11) is 2.69. The molecule has 16 heteroatoms. The van der Waals surface area contributed by atoms with Gasteiger partial charge in [-0.15, -0.1) is 0 Å². The van der Waals surface area contributed by atoms with Crippen LogP contribution in [0.15, 0.2) is 60.7 Å². The molecule has 2 aromatic rings. The monoisotopic (exact) mass is 863 g/mol. The quantitative estimate of drug-likeness (QED) is 0.233. The molecule has 5 aliphatic rings. The first-order valence-corrected chi connectivity index (χ1v) is 21.4. The van der Waals surface area contributed by atoms with Crippen LogP contribution in [0.3, 0.4) is 0 Å². The molecule has 4 saturated heterocycles. The maximum atomic E-state index is 14.1. The molecule has 340 valence electrons. The van der Waals surface area contributed by atoms with Gasteiger partial charge in [0.15, 0.2) is 0 Å². The molecule has 0 aromatic heterocycles. The van der Waals surface area contributed by atoms with Gasteiger partial charge >= 0.3 is 30.2 Å². The summed E-state index contributed by atoms with van der Waals surface area (Å²) < 4.78 is 26.4. The van der Waals surface area contributed by atoms with Crippen LogP contribution >= 0.6 is 0 Å². The topological polar surface area (TPSA) is 182 Å². The molecule has 4 aliphatic heterocycles. The number of likely N-dealkylation sites (tertiary alicyclic amines) is 3. The van der Waals surface area contributed by atoms with Crippen LogP contribution in [0, 0.1) is 17.8 Å². The standard InChI is InChI=1S/C29H41N3O7.C16H20N2O4.CH4/c1-29(2,3)39-27(35)30-23(20-13-9-6-10-14-20)25(33)31-16-15-22-24(31)21(26(34)37-4)17-32(22)28(36)38-18-19-11-7-5-8-12-19;1-21-15(19)12-9-18(13-7-8-17-14(12)13)16(20)22-10-11-5-3-2-4-6-11;/h5,7-8,11-12,20-24H,6,9-10,13-18H2,1-4H3,(H,30,35);2-6,12-14,17H,7-10H2,1H3;1H4/t21-,22+,23-,24+;12-,13+,14+;/m00./s1. The van der Waals surface area contributed by atoms with Gasteiger partial charge in [0.2, 0.25) is 5.91 Å². The molecule has 2 aromatic carbocycles. The van der Waals surface area contributed by atoms with Crippen molar-refractivity contribution in [2.45, 2.75) is 122 Å². The zero-order valence-corrected chi connectivity index (χ0v) is 35.9. The molecule has 0 bridgehead atoms. The second kappa shape index (κ2) is 21.6. The van der Waals surface area contributed by atoms with E-state index in [2.05, 4.69) is 10.6 Å². The van der Waals surface area contributed by atoms with Gasteiger partial charge in [0.1, 0.15) is 24.9 Å². The second-order valence-electron chi connectivity index (χ2n) is 17.4. The number of alkyl carbamates (subject to hydrolysis) is 1. The van der Waals surface area contributed by atoms with E-state index in [4.69, 9.17) is 23.7 Å². The third-order valence-corrected chi connectivity index (χ3v) is 12.3. The lowest BCUT2D eigenvalue weighted by Crippen LogP contribution is -2.56. The number of benzene rings is 2. The van der Waals surface area contributed by atoms with Crippen molar-refractivity contribution in [2.24, 2.45) is 17.8 Å². The van der Waals surface area contributed by atoms with Crippen molar-refractivity contribution in [3.8, 4) is 0 Å². The number of fused-ring (bicyclic) bond motifs is 2. The van der Waals surface area contributed by atoms with Crippen LogP contribution in [-0.4, -0.2) is 127 Å². The average Bonchev–Trinajstić information content (AvgIpc) is 4.07. The Hall–Kier alpha value is -5.38. The Kier molecular flexibility index (Phi) is 16.6. The number of hydrogen-bond acceptors (Lipinski definition) is 12. The zero-order chi connectivity index (χ0) is 43.7. The number of nitrogens with one attached hydrogen (secondary N) is 2. The van der Waals surface area contributed by atoms with Gasteiger partial charge in [0.25, 0.3) is 0 Å². The van der Waals surface area contributed by atoms with Gasteiger partial charge in [-0.05, 0) is 70.0 Å². The smallest absolute Gasteiger partial charge is 0.410 e. The van der Waals surface area contributed by atoms with Crippen molar-refractivity contribution in [1.29, 1.82) is 0 Å². The van der Waals surface area contributed by atoms with E-state index in [1.54, 1.807) is 35.5 Å². The Morgan fingerprint density at radius 2 is 1.24 bits per heavy atom. The first-order valence-electron chi connectivity index (χ1n) is 21.4. The van der Waals surface area contributed by atoms with E-state index < -0.39 is 41.8 Å². The largest absolute Gasteiger partial charge is 0.469 e. The highest BCUT2D eigenvalue weighted by molar-refractivity contribution is 5.88. The van der Waals surface area contributed by atoms with Crippen molar-refractivity contribution < 1.29 is 52.5 Å². The molecule has 7 rings (SSSR count). The molecule has 62 heavy (non-hydrogen) atoms. The van der Waals surface area contributed by atoms with Gasteiger partial charge in [-0.2, -0.15) is 0 Å². The molecule has 0 spiro atoms. The maximum Gasteiger partial charge on any atom is 0.410 e. The first-order chi connectivity index (χ1) is 29.3. The van der Waals surface area contributed by atoms with Gasteiger partial charge < -0.3 is 49.0 Å². The molecular weight excluding hydrogens is 799 g/mol. The van der Waals surface area contributed by atoms with Crippen LogP contribution in [0.5, 0.6) is 0 Å². The highest BCUT2D eigenvalue weighted by Crippen LogP contribution is 2.39. The molecule has 16 nitrogen and oxygen atoms in total. The fourth-order valence-electron chi connectivity index (χ4n) is 9.50. The number of carbonyl (C=O) groups is 6. The Bertz CT molecular complexity index is 1840. The third-order valence-electron chi connectivity index (χ3n) is 12.3. The Labute approximate surface area is 365 Å². The highest BCUT2D eigenvalue weighted by Gasteiger charge is 2.56. The lowest BCUT2D eigenvalue weighted by Gasteiger charge is -2.36. The summed E-state index contributed by atoms with van der Waals surface area (Å²) in [6.07, 6.45) is 4.54. The summed E-state index contributed by atoms with van der Waals surface area (Å²) in [5, 5.41) is 6.15. The van der Waals surface area contributed by atoms with Crippen molar-refractivity contribution in [2.75, 3.05) is 40.4 Å². The molecule has 0 radical (unpaired) electrons. The summed E-state index contributed by atoms with van der Waals surface area (Å²) in [5.41, 5.74) is 1.10. The van der Waals surface area contributed by atoms with Crippen molar-refractivity contribution >= 4 is 36.1 Å². The van der Waals surface area contributed by atoms with E-state index in [0.717, 1.165) is 56.2 Å². The highest BCUT2D eigenvalue weighted by atomic mass is 16.6. The van der Waals surface area contributed by atoms with Crippen LogP contribution in [0.2, 0.25) is 0 Å². The Morgan fingerprint density at radius 1 is 0.710 bits per heavy atom. The summed E-state index contributed by atoms with van der Waals surface area (Å²) in [6, 6.07) is 17.2. The fourth-order valence-corrected chi connectivity index (χ4v) is 9.50. The van der Waals surface area contributed by atoms with Crippen LogP contribution in [0.1, 0.15) is 84.3 Å². The number of rotatable bonds is 9. The summed E-state index contributed by atoms with van der Waals surface area (Å²) >= 11 is 0. The normalized spacial score (nSPS) is 24.6. The first kappa shape index (κ1) is 47.7.